The summed E-state index contributed by atoms with van der Waals surface area (Å²) in [6.45, 7) is 3.27. The molecule has 2 aliphatic carbocycles. The SMILES string of the molecule is C[C@@H]1Cc2cc3c(c(NC(=O)NS(=O)(=NC(c4ccccc4)(c4ccccc4)c4ccccc4)c4cnn5c4OCCC5)c21)CCC3. The van der Waals surface area contributed by atoms with Gasteiger partial charge in [0.05, 0.1) is 12.8 Å². The maximum atomic E-state index is 15.8. The first kappa shape index (κ1) is 29.5. The largest absolute Gasteiger partial charge is 0.477 e. The van der Waals surface area contributed by atoms with Gasteiger partial charge >= 0.3 is 6.03 Å². The highest BCUT2D eigenvalue weighted by Crippen LogP contribution is 2.46. The minimum atomic E-state index is -3.77. The number of nitrogens with one attached hydrogen (secondary N) is 2. The van der Waals surface area contributed by atoms with Crippen molar-refractivity contribution >= 4 is 21.6 Å². The Bertz CT molecular complexity index is 1990. The van der Waals surface area contributed by atoms with Crippen molar-refractivity contribution in [3.05, 3.63) is 142 Å². The van der Waals surface area contributed by atoms with E-state index in [-0.39, 0.29) is 4.90 Å². The zero-order valence-electron chi connectivity index (χ0n) is 26.3. The molecule has 2 atom stereocenters. The number of fused-ring (bicyclic) bond motifs is 3. The van der Waals surface area contributed by atoms with Crippen molar-refractivity contribution in [2.75, 3.05) is 11.9 Å². The van der Waals surface area contributed by atoms with E-state index in [0.717, 1.165) is 54.5 Å². The lowest BCUT2D eigenvalue weighted by atomic mass is 9.75. The van der Waals surface area contributed by atoms with E-state index in [4.69, 9.17) is 9.10 Å². The van der Waals surface area contributed by atoms with Crippen molar-refractivity contribution in [3.63, 3.8) is 0 Å². The number of amides is 2. The summed E-state index contributed by atoms with van der Waals surface area (Å²) in [5, 5.41) is 7.71. The predicted octanol–water partition coefficient (Wildman–Crippen LogP) is 7.37. The molecule has 8 rings (SSSR count). The van der Waals surface area contributed by atoms with Gasteiger partial charge in [0.1, 0.15) is 10.4 Å². The van der Waals surface area contributed by atoms with E-state index in [1.54, 1.807) is 4.68 Å². The lowest BCUT2D eigenvalue weighted by Crippen LogP contribution is -2.39. The molecule has 1 aliphatic heterocycles. The molecule has 1 aromatic heterocycles. The van der Waals surface area contributed by atoms with E-state index in [0.29, 0.717) is 24.9 Å². The molecule has 0 saturated carbocycles. The third kappa shape index (κ3) is 5.00. The molecular formula is C38H37N5O3S. The van der Waals surface area contributed by atoms with Crippen molar-refractivity contribution in [3.8, 4) is 5.88 Å². The summed E-state index contributed by atoms with van der Waals surface area (Å²) < 4.78 is 31.9. The Morgan fingerprint density at radius 3 is 2.17 bits per heavy atom. The summed E-state index contributed by atoms with van der Waals surface area (Å²) in [7, 11) is -3.77. The van der Waals surface area contributed by atoms with Crippen molar-refractivity contribution in [2.45, 2.75) is 61.9 Å². The Balaban J connectivity index is 1.34. The molecule has 8 nitrogen and oxygen atoms in total. The van der Waals surface area contributed by atoms with Crippen LogP contribution < -0.4 is 14.8 Å². The van der Waals surface area contributed by atoms with Crippen molar-refractivity contribution in [1.29, 1.82) is 0 Å². The maximum absolute atomic E-state index is 15.8. The lowest BCUT2D eigenvalue weighted by molar-refractivity contribution is 0.224. The van der Waals surface area contributed by atoms with Crippen LogP contribution in [0.4, 0.5) is 10.5 Å². The zero-order valence-corrected chi connectivity index (χ0v) is 27.1. The van der Waals surface area contributed by atoms with Gasteiger partial charge in [-0.2, -0.15) is 9.46 Å². The van der Waals surface area contributed by atoms with E-state index in [1.807, 2.05) is 91.0 Å². The number of rotatable bonds is 7. The molecule has 2 amide bonds. The molecule has 0 bridgehead atoms. The number of anilines is 1. The minimum Gasteiger partial charge on any atom is -0.477 e. The van der Waals surface area contributed by atoms with Crippen molar-refractivity contribution < 1.29 is 13.7 Å². The number of aromatic nitrogens is 2. The van der Waals surface area contributed by atoms with Crippen molar-refractivity contribution in [2.24, 2.45) is 4.36 Å². The first-order chi connectivity index (χ1) is 23.0. The smallest absolute Gasteiger partial charge is 0.331 e. The second kappa shape index (κ2) is 11.7. The molecule has 0 radical (unpaired) electrons. The van der Waals surface area contributed by atoms with Gasteiger partial charge in [-0.25, -0.2) is 18.4 Å². The quantitative estimate of drug-likeness (QED) is 0.181. The number of carbonyl (C=O) groups excluding carboxylic acids is 1. The van der Waals surface area contributed by atoms with E-state index >= 15 is 4.21 Å². The molecule has 47 heavy (non-hydrogen) atoms. The second-order valence-electron chi connectivity index (χ2n) is 12.6. The first-order valence-corrected chi connectivity index (χ1v) is 17.9. The van der Waals surface area contributed by atoms with Gasteiger partial charge < -0.3 is 10.1 Å². The van der Waals surface area contributed by atoms with Gasteiger partial charge in [0.2, 0.25) is 5.88 Å². The molecule has 2 N–H and O–H groups in total. The third-order valence-corrected chi connectivity index (χ3v) is 11.5. The average molecular weight is 644 g/mol. The summed E-state index contributed by atoms with van der Waals surface area (Å²) in [5.41, 5.74) is 6.99. The van der Waals surface area contributed by atoms with Crippen LogP contribution in [0.3, 0.4) is 0 Å². The Morgan fingerprint density at radius 2 is 1.55 bits per heavy atom. The minimum absolute atomic E-state index is 0.249. The third-order valence-electron chi connectivity index (χ3n) is 9.67. The standard InChI is InChI=1S/C38H37N5O3S/c1-26-23-28-24-27-13-11-20-32(27)35(34(26)28)40-37(44)41-47(45,33-25-39-43-21-12-22-46-36(33)43)42-38(29-14-5-2-6-15-29,30-16-7-3-8-17-30)31-18-9-4-10-19-31/h2-10,14-19,24-26H,11-13,20-23H2,1H3,(H2,40,41,42,44,45)/t26-,47?/m1/s1. The monoisotopic (exact) mass is 643 g/mol. The van der Waals surface area contributed by atoms with E-state index < -0.39 is 21.5 Å². The number of carbonyl (C=O) groups is 1. The average Bonchev–Trinajstić information content (AvgIpc) is 3.76. The summed E-state index contributed by atoms with van der Waals surface area (Å²) in [4.78, 5) is 14.5. The van der Waals surface area contributed by atoms with Crippen LogP contribution in [-0.2, 0) is 41.3 Å². The zero-order chi connectivity index (χ0) is 32.0. The van der Waals surface area contributed by atoms with E-state index in [1.165, 1.54) is 28.5 Å². The highest BCUT2D eigenvalue weighted by molar-refractivity contribution is 7.92. The number of aryl methyl sites for hydroxylation is 2. The van der Waals surface area contributed by atoms with Crippen LogP contribution in [-0.4, -0.2) is 26.6 Å². The molecule has 3 aliphatic rings. The Hall–Kier alpha value is -4.89. The molecule has 9 heteroatoms. The number of hydrogen-bond acceptors (Lipinski definition) is 5. The number of hydrogen-bond donors (Lipinski definition) is 2. The fourth-order valence-corrected chi connectivity index (χ4v) is 9.36. The number of ether oxygens (including phenoxy) is 1. The molecule has 1 unspecified atom stereocenters. The molecule has 5 aromatic rings. The lowest BCUT2D eigenvalue weighted by Gasteiger charge is -2.33. The van der Waals surface area contributed by atoms with Crippen LogP contribution in [0.15, 0.2) is 113 Å². The number of nitrogens with zero attached hydrogens (tertiary/aromatic N) is 3. The summed E-state index contributed by atoms with van der Waals surface area (Å²) in [5.74, 6) is 0.713. The fourth-order valence-electron chi connectivity index (χ4n) is 7.51. The summed E-state index contributed by atoms with van der Waals surface area (Å²) in [6.07, 6.45) is 6.29. The van der Waals surface area contributed by atoms with Gasteiger partial charge in [0.25, 0.3) is 0 Å². The van der Waals surface area contributed by atoms with Crippen LogP contribution in [0.1, 0.15) is 64.6 Å². The first-order valence-electron chi connectivity index (χ1n) is 16.4. The second-order valence-corrected chi connectivity index (χ2v) is 14.5. The molecular weight excluding hydrogens is 607 g/mol. The van der Waals surface area contributed by atoms with Gasteiger partial charge in [-0.1, -0.05) is 104 Å². The maximum Gasteiger partial charge on any atom is 0.331 e. The highest BCUT2D eigenvalue weighted by atomic mass is 32.2. The van der Waals surface area contributed by atoms with Crippen molar-refractivity contribution in [1.82, 2.24) is 14.5 Å². The number of benzene rings is 4. The van der Waals surface area contributed by atoms with Crippen LogP contribution in [0.2, 0.25) is 0 Å². The van der Waals surface area contributed by atoms with E-state index in [2.05, 4.69) is 28.1 Å². The fraction of sp³-hybridized carbons (Fsp3) is 0.263. The van der Waals surface area contributed by atoms with Gasteiger partial charge in [-0.15, -0.1) is 0 Å². The Labute approximate surface area is 275 Å². The number of urea groups is 1. The highest BCUT2D eigenvalue weighted by Gasteiger charge is 2.41. The van der Waals surface area contributed by atoms with Gasteiger partial charge in [-0.05, 0) is 70.5 Å². The van der Waals surface area contributed by atoms with Gasteiger partial charge in [0.15, 0.2) is 9.92 Å². The predicted molar refractivity (Wildman–Crippen MR) is 183 cm³/mol. The van der Waals surface area contributed by atoms with Gasteiger partial charge in [-0.3, -0.25) is 0 Å². The van der Waals surface area contributed by atoms with E-state index in [9.17, 15) is 4.79 Å². The summed E-state index contributed by atoms with van der Waals surface area (Å²) in [6, 6.07) is 31.2. The Morgan fingerprint density at radius 1 is 0.915 bits per heavy atom. The van der Waals surface area contributed by atoms with Crippen LogP contribution >= 0.6 is 0 Å². The molecule has 2 heterocycles. The van der Waals surface area contributed by atoms with Crippen LogP contribution in [0.25, 0.3) is 0 Å². The molecule has 0 saturated heterocycles. The van der Waals surface area contributed by atoms with Gasteiger partial charge in [0, 0.05) is 18.7 Å². The topological polar surface area (TPSA) is 97.6 Å². The molecule has 4 aromatic carbocycles. The summed E-state index contributed by atoms with van der Waals surface area (Å²) >= 11 is 0. The van der Waals surface area contributed by atoms with Crippen LogP contribution in [0.5, 0.6) is 5.88 Å². The molecule has 0 spiro atoms. The molecule has 0 fully saturated rings. The van der Waals surface area contributed by atoms with Crippen LogP contribution in [0, 0.1) is 0 Å². The Kier molecular flexibility index (Phi) is 7.36. The normalized spacial score (nSPS) is 17.6. The molecule has 238 valence electrons.